The van der Waals surface area contributed by atoms with Gasteiger partial charge in [0.15, 0.2) is 5.96 Å². The Morgan fingerprint density at radius 1 is 1.17 bits per heavy atom. The van der Waals surface area contributed by atoms with Gasteiger partial charge in [0.1, 0.15) is 0 Å². The van der Waals surface area contributed by atoms with E-state index < -0.39 is 0 Å². The van der Waals surface area contributed by atoms with Gasteiger partial charge in [0.2, 0.25) is 5.91 Å². The van der Waals surface area contributed by atoms with Crippen molar-refractivity contribution in [3.8, 4) is 0 Å². The second-order valence-corrected chi connectivity index (χ2v) is 8.27. The predicted molar refractivity (Wildman–Crippen MR) is 108 cm³/mol. The first-order chi connectivity index (χ1) is 9.93. The van der Waals surface area contributed by atoms with Crippen molar-refractivity contribution < 1.29 is 4.79 Å². The van der Waals surface area contributed by atoms with Gasteiger partial charge in [-0.25, -0.2) is 0 Å². The highest BCUT2D eigenvalue weighted by atomic mass is 127. The molecule has 0 saturated carbocycles. The molecule has 0 aromatic heterocycles. The standard InChI is InChI=1S/C17H34N4O.HI/c1-9-18-14(21-12-16(5,6)17(21,7)8)20-11-10-19-13(22)15(2,3)4;/h9-12H2,1-8H3,(H,18,20)(H,19,22);1H. The molecular formula is C17H35IN4O. The van der Waals surface area contributed by atoms with Gasteiger partial charge in [-0.3, -0.25) is 9.79 Å². The fourth-order valence-electron chi connectivity index (χ4n) is 2.39. The highest BCUT2D eigenvalue weighted by Gasteiger charge is 2.53. The van der Waals surface area contributed by atoms with Crippen molar-refractivity contribution >= 4 is 35.8 Å². The summed E-state index contributed by atoms with van der Waals surface area (Å²) in [4.78, 5) is 18.8. The molecule has 1 saturated heterocycles. The fraction of sp³-hybridized carbons (Fsp3) is 0.882. The summed E-state index contributed by atoms with van der Waals surface area (Å²) in [7, 11) is 0. The van der Waals surface area contributed by atoms with Gasteiger partial charge >= 0.3 is 0 Å². The predicted octanol–water partition coefficient (Wildman–Crippen LogP) is 2.85. The Labute approximate surface area is 159 Å². The van der Waals surface area contributed by atoms with E-state index in [2.05, 4.69) is 55.1 Å². The molecule has 5 nitrogen and oxygen atoms in total. The molecule has 1 amide bonds. The molecule has 0 unspecified atom stereocenters. The third-order valence-electron chi connectivity index (χ3n) is 4.82. The van der Waals surface area contributed by atoms with Crippen LogP contribution in [0.3, 0.4) is 0 Å². The molecule has 136 valence electrons. The summed E-state index contributed by atoms with van der Waals surface area (Å²) < 4.78 is 0. The van der Waals surface area contributed by atoms with Crippen molar-refractivity contribution in [1.82, 2.24) is 15.5 Å². The van der Waals surface area contributed by atoms with Gasteiger partial charge in [0.05, 0.1) is 6.54 Å². The van der Waals surface area contributed by atoms with Crippen LogP contribution < -0.4 is 10.6 Å². The van der Waals surface area contributed by atoms with E-state index in [1.807, 2.05) is 20.8 Å². The molecule has 1 aliphatic heterocycles. The molecule has 1 aliphatic rings. The molecule has 23 heavy (non-hydrogen) atoms. The SMILES string of the molecule is CCNC(=NCCNC(=O)C(C)(C)C)N1CC(C)(C)C1(C)C.I. The van der Waals surface area contributed by atoms with E-state index in [0.29, 0.717) is 13.1 Å². The number of amides is 1. The Bertz CT molecular complexity index is 438. The van der Waals surface area contributed by atoms with Crippen LogP contribution in [0.1, 0.15) is 55.4 Å². The molecule has 1 fully saturated rings. The van der Waals surface area contributed by atoms with E-state index in [-0.39, 0.29) is 46.3 Å². The Hall–Kier alpha value is -0.530. The summed E-state index contributed by atoms with van der Waals surface area (Å²) in [5, 5.41) is 6.30. The Balaban J connectivity index is 0.00000484. The van der Waals surface area contributed by atoms with Crippen LogP contribution in [-0.4, -0.2) is 48.5 Å². The molecule has 0 aliphatic carbocycles. The molecule has 0 spiro atoms. The maximum absolute atomic E-state index is 11.8. The Morgan fingerprint density at radius 2 is 1.74 bits per heavy atom. The highest BCUT2D eigenvalue weighted by Crippen LogP contribution is 2.46. The maximum Gasteiger partial charge on any atom is 0.225 e. The number of aliphatic imine (C=N–C) groups is 1. The van der Waals surface area contributed by atoms with E-state index in [4.69, 9.17) is 0 Å². The van der Waals surface area contributed by atoms with Gasteiger partial charge < -0.3 is 15.5 Å². The van der Waals surface area contributed by atoms with Crippen LogP contribution in [0, 0.1) is 10.8 Å². The van der Waals surface area contributed by atoms with Crippen LogP contribution in [-0.2, 0) is 4.79 Å². The molecule has 0 atom stereocenters. The van der Waals surface area contributed by atoms with Gasteiger partial charge in [-0.05, 0) is 20.8 Å². The van der Waals surface area contributed by atoms with Crippen molar-refractivity contribution in [3.05, 3.63) is 0 Å². The normalized spacial score (nSPS) is 19.5. The van der Waals surface area contributed by atoms with Crippen LogP contribution in [0.4, 0.5) is 0 Å². The van der Waals surface area contributed by atoms with Crippen LogP contribution in [0.5, 0.6) is 0 Å². The smallest absolute Gasteiger partial charge is 0.225 e. The summed E-state index contributed by atoms with van der Waals surface area (Å²) in [6.45, 7) is 19.9. The number of guanidine groups is 1. The molecule has 0 aromatic rings. The average Bonchev–Trinajstić information content (AvgIpc) is 2.38. The number of carbonyl (C=O) groups excluding carboxylic acids is 1. The topological polar surface area (TPSA) is 56.7 Å². The quantitative estimate of drug-likeness (QED) is 0.307. The van der Waals surface area contributed by atoms with Crippen molar-refractivity contribution in [1.29, 1.82) is 0 Å². The van der Waals surface area contributed by atoms with Crippen LogP contribution in [0.15, 0.2) is 4.99 Å². The van der Waals surface area contributed by atoms with Crippen molar-refractivity contribution in [2.24, 2.45) is 15.8 Å². The van der Waals surface area contributed by atoms with Crippen molar-refractivity contribution in [2.45, 2.75) is 60.9 Å². The fourth-order valence-corrected chi connectivity index (χ4v) is 2.39. The lowest BCUT2D eigenvalue weighted by Crippen LogP contribution is -2.72. The number of halogens is 1. The summed E-state index contributed by atoms with van der Waals surface area (Å²) in [6.07, 6.45) is 0. The minimum absolute atomic E-state index is 0. The number of nitrogens with one attached hydrogen (secondary N) is 2. The molecule has 1 heterocycles. The maximum atomic E-state index is 11.8. The lowest BCUT2D eigenvalue weighted by atomic mass is 9.65. The van der Waals surface area contributed by atoms with Gasteiger partial charge in [0, 0.05) is 36.0 Å². The Kier molecular flexibility index (Phi) is 7.85. The van der Waals surface area contributed by atoms with Crippen LogP contribution in [0.2, 0.25) is 0 Å². The van der Waals surface area contributed by atoms with E-state index in [9.17, 15) is 4.79 Å². The molecule has 6 heteroatoms. The second kappa shape index (κ2) is 8.03. The summed E-state index contributed by atoms with van der Waals surface area (Å²) >= 11 is 0. The molecule has 0 aromatic carbocycles. The van der Waals surface area contributed by atoms with Gasteiger partial charge in [-0.15, -0.1) is 24.0 Å². The lowest BCUT2D eigenvalue weighted by molar-refractivity contribution is -0.128. The molecular weight excluding hydrogens is 403 g/mol. The zero-order chi connectivity index (χ0) is 17.2. The van der Waals surface area contributed by atoms with Crippen LogP contribution in [0.25, 0.3) is 0 Å². The third kappa shape index (κ3) is 5.22. The number of hydrogen-bond acceptors (Lipinski definition) is 2. The summed E-state index contributed by atoms with van der Waals surface area (Å²) in [6, 6.07) is 0. The van der Waals surface area contributed by atoms with E-state index in [1.165, 1.54) is 0 Å². The lowest BCUT2D eigenvalue weighted by Gasteiger charge is -2.62. The Morgan fingerprint density at radius 3 is 2.13 bits per heavy atom. The summed E-state index contributed by atoms with van der Waals surface area (Å²) in [5.74, 6) is 1.01. The first-order valence-electron chi connectivity index (χ1n) is 8.28. The minimum atomic E-state index is -0.350. The van der Waals surface area contributed by atoms with E-state index >= 15 is 0 Å². The van der Waals surface area contributed by atoms with Gasteiger partial charge in [-0.1, -0.05) is 34.6 Å². The number of carbonyl (C=O) groups is 1. The molecule has 0 bridgehead atoms. The largest absolute Gasteiger partial charge is 0.356 e. The van der Waals surface area contributed by atoms with Gasteiger partial charge in [0.25, 0.3) is 0 Å². The summed E-state index contributed by atoms with van der Waals surface area (Å²) in [5.41, 5.74) is 0.0179. The third-order valence-corrected chi connectivity index (χ3v) is 4.82. The van der Waals surface area contributed by atoms with Gasteiger partial charge in [-0.2, -0.15) is 0 Å². The molecule has 2 N–H and O–H groups in total. The number of nitrogens with zero attached hydrogens (tertiary/aromatic N) is 2. The molecule has 0 radical (unpaired) electrons. The van der Waals surface area contributed by atoms with E-state index in [0.717, 1.165) is 19.0 Å². The zero-order valence-electron chi connectivity index (χ0n) is 16.0. The monoisotopic (exact) mass is 438 g/mol. The molecule has 1 rings (SSSR count). The van der Waals surface area contributed by atoms with E-state index in [1.54, 1.807) is 0 Å². The number of hydrogen-bond donors (Lipinski definition) is 2. The highest BCUT2D eigenvalue weighted by molar-refractivity contribution is 14.0. The first-order valence-corrected chi connectivity index (χ1v) is 8.28. The number of likely N-dealkylation sites (tertiary alicyclic amines) is 1. The first kappa shape index (κ1) is 22.5. The van der Waals surface area contributed by atoms with Crippen molar-refractivity contribution in [2.75, 3.05) is 26.2 Å². The van der Waals surface area contributed by atoms with Crippen molar-refractivity contribution in [3.63, 3.8) is 0 Å². The minimum Gasteiger partial charge on any atom is -0.356 e. The zero-order valence-corrected chi connectivity index (χ0v) is 18.4. The average molecular weight is 438 g/mol. The number of rotatable bonds is 4. The van der Waals surface area contributed by atoms with Crippen LogP contribution >= 0.6 is 24.0 Å². The second-order valence-electron chi connectivity index (χ2n) is 8.27.